The van der Waals surface area contributed by atoms with Gasteiger partial charge in [0.1, 0.15) is 0 Å². The minimum atomic E-state index is 0.0357. The van der Waals surface area contributed by atoms with Gasteiger partial charge in [-0.15, -0.1) is 0 Å². The Morgan fingerprint density at radius 2 is 2.50 bits per heavy atom. The van der Waals surface area contributed by atoms with Crippen LogP contribution in [0, 0.1) is 0 Å². The van der Waals surface area contributed by atoms with Crippen LogP contribution in [0.25, 0.3) is 0 Å². The molecule has 1 unspecified atom stereocenters. The number of carbonyl (C=O) groups excluding carboxylic acids is 1. The second-order valence-corrected chi connectivity index (χ2v) is 3.24. The van der Waals surface area contributed by atoms with Crippen molar-refractivity contribution in [1.29, 1.82) is 0 Å². The molecular weight excluding hydrogens is 191 g/mol. The van der Waals surface area contributed by atoms with E-state index in [4.69, 9.17) is 11.6 Å². The summed E-state index contributed by atoms with van der Waals surface area (Å²) in [5.74, 6) is 0.0357. The van der Waals surface area contributed by atoms with Gasteiger partial charge in [0.25, 0.3) is 0 Å². The quantitative estimate of drug-likeness (QED) is 0.539. The molecule has 0 heterocycles. The molecule has 1 atom stereocenters. The average Bonchev–Trinajstić information content (AvgIpc) is 1.85. The van der Waals surface area contributed by atoms with Gasteiger partial charge in [0.15, 0.2) is 5.78 Å². The van der Waals surface area contributed by atoms with Gasteiger partial charge in [-0.1, -0.05) is 27.5 Å². The van der Waals surface area contributed by atoms with Crippen LogP contribution in [0.15, 0.2) is 11.1 Å². The molecule has 8 heavy (non-hydrogen) atoms. The molecule has 0 radical (unpaired) electrons. The highest BCUT2D eigenvalue weighted by Crippen LogP contribution is 2.22. The molecule has 0 aromatic rings. The Bertz CT molecular complexity index is 153. The maximum Gasteiger partial charge on any atom is 0.175 e. The molecule has 1 aliphatic carbocycles. The van der Waals surface area contributed by atoms with Crippen molar-refractivity contribution in [1.82, 2.24) is 0 Å². The predicted octanol–water partition coefficient (Wildman–Crippen LogP) is 1.85. The normalized spacial score (nSPS) is 28.5. The standard InChI is InChI=1S/C5H4BrClO/c6-3-1-4(7)5(8)2-3/h1,3H,2H2. The summed E-state index contributed by atoms with van der Waals surface area (Å²) >= 11 is 8.68. The smallest absolute Gasteiger partial charge is 0.175 e. The zero-order valence-electron chi connectivity index (χ0n) is 4.03. The van der Waals surface area contributed by atoms with Crippen molar-refractivity contribution >= 4 is 33.3 Å². The summed E-state index contributed by atoms with van der Waals surface area (Å²) in [5, 5.41) is 0.367. The molecule has 44 valence electrons. The molecular formula is C5H4BrClO. The maximum absolute atomic E-state index is 10.6. The summed E-state index contributed by atoms with van der Waals surface area (Å²) in [6, 6.07) is 0. The Hall–Kier alpha value is 0.180. The summed E-state index contributed by atoms with van der Waals surface area (Å²) < 4.78 is 0. The van der Waals surface area contributed by atoms with Crippen LogP contribution < -0.4 is 0 Å². The predicted molar refractivity (Wildman–Crippen MR) is 36.3 cm³/mol. The number of halogens is 2. The van der Waals surface area contributed by atoms with E-state index in [0.717, 1.165) is 0 Å². The molecule has 0 bridgehead atoms. The van der Waals surface area contributed by atoms with Crippen molar-refractivity contribution in [3.05, 3.63) is 11.1 Å². The lowest BCUT2D eigenvalue weighted by Gasteiger charge is -1.86. The van der Waals surface area contributed by atoms with Gasteiger partial charge in [0.2, 0.25) is 0 Å². The lowest BCUT2D eigenvalue weighted by molar-refractivity contribution is -0.114. The van der Waals surface area contributed by atoms with Crippen molar-refractivity contribution in [2.45, 2.75) is 11.2 Å². The van der Waals surface area contributed by atoms with Crippen molar-refractivity contribution in [2.75, 3.05) is 0 Å². The molecule has 1 aliphatic rings. The number of rotatable bonds is 0. The minimum Gasteiger partial charge on any atom is -0.293 e. The van der Waals surface area contributed by atoms with Gasteiger partial charge in [0, 0.05) is 11.2 Å². The Balaban J connectivity index is 2.73. The second kappa shape index (κ2) is 2.19. The van der Waals surface area contributed by atoms with Crippen LogP contribution in [0.5, 0.6) is 0 Å². The van der Waals surface area contributed by atoms with Crippen molar-refractivity contribution in [3.63, 3.8) is 0 Å². The molecule has 1 nitrogen and oxygen atoms in total. The lowest BCUT2D eigenvalue weighted by atomic mass is 10.3. The van der Waals surface area contributed by atoms with E-state index >= 15 is 0 Å². The van der Waals surface area contributed by atoms with Crippen molar-refractivity contribution < 1.29 is 4.79 Å². The molecule has 0 aromatic heterocycles. The first kappa shape index (κ1) is 6.30. The first-order valence-corrected chi connectivity index (χ1v) is 3.54. The van der Waals surface area contributed by atoms with Crippen molar-refractivity contribution in [3.8, 4) is 0 Å². The third-order valence-electron chi connectivity index (χ3n) is 0.974. The van der Waals surface area contributed by atoms with Gasteiger partial charge in [-0.2, -0.15) is 0 Å². The lowest BCUT2D eigenvalue weighted by Crippen LogP contribution is -1.93. The summed E-state index contributed by atoms with van der Waals surface area (Å²) in [6.07, 6.45) is 2.22. The number of allylic oxidation sites excluding steroid dienone is 2. The van der Waals surface area contributed by atoms with Gasteiger partial charge in [-0.3, -0.25) is 4.79 Å². The molecule has 0 aromatic carbocycles. The fraction of sp³-hybridized carbons (Fsp3) is 0.400. The van der Waals surface area contributed by atoms with E-state index in [0.29, 0.717) is 11.5 Å². The molecule has 0 fully saturated rings. The molecule has 1 rings (SSSR count). The van der Waals surface area contributed by atoms with E-state index < -0.39 is 0 Å². The largest absolute Gasteiger partial charge is 0.293 e. The number of hydrogen-bond acceptors (Lipinski definition) is 1. The molecule has 0 saturated carbocycles. The Morgan fingerprint density at radius 3 is 2.62 bits per heavy atom. The Labute approximate surface area is 60.8 Å². The van der Waals surface area contributed by atoms with Crippen molar-refractivity contribution in [2.24, 2.45) is 0 Å². The number of carbonyl (C=O) groups is 1. The summed E-state index contributed by atoms with van der Waals surface area (Å²) in [5.41, 5.74) is 0. The number of Topliss-reactive ketones (excluding diaryl/α,β-unsaturated/α-hetero) is 1. The van der Waals surface area contributed by atoms with Crippen LogP contribution in [0.4, 0.5) is 0 Å². The van der Waals surface area contributed by atoms with E-state index in [1.807, 2.05) is 0 Å². The highest BCUT2D eigenvalue weighted by Gasteiger charge is 2.19. The Kier molecular flexibility index (Phi) is 1.73. The van der Waals surface area contributed by atoms with Crippen LogP contribution in [0.2, 0.25) is 0 Å². The molecule has 0 saturated heterocycles. The molecule has 0 spiro atoms. The van der Waals surface area contributed by atoms with Gasteiger partial charge < -0.3 is 0 Å². The Morgan fingerprint density at radius 1 is 1.88 bits per heavy atom. The third kappa shape index (κ3) is 1.12. The average molecular weight is 195 g/mol. The fourth-order valence-corrected chi connectivity index (χ4v) is 1.53. The fourth-order valence-electron chi connectivity index (χ4n) is 0.585. The van der Waals surface area contributed by atoms with Gasteiger partial charge in [-0.25, -0.2) is 0 Å². The van der Waals surface area contributed by atoms with E-state index in [9.17, 15) is 4.79 Å². The number of hydrogen-bond donors (Lipinski definition) is 0. The summed E-state index contributed by atoms with van der Waals surface area (Å²) in [7, 11) is 0. The van der Waals surface area contributed by atoms with Gasteiger partial charge >= 0.3 is 0 Å². The van der Waals surface area contributed by atoms with Crippen LogP contribution in [-0.2, 0) is 4.79 Å². The summed E-state index contributed by atoms with van der Waals surface area (Å²) in [6.45, 7) is 0. The minimum absolute atomic E-state index is 0.0357. The highest BCUT2D eigenvalue weighted by molar-refractivity contribution is 9.09. The molecule has 3 heteroatoms. The maximum atomic E-state index is 10.6. The van der Waals surface area contributed by atoms with E-state index in [1.54, 1.807) is 6.08 Å². The van der Waals surface area contributed by atoms with Gasteiger partial charge in [0.05, 0.1) is 5.03 Å². The zero-order valence-corrected chi connectivity index (χ0v) is 6.37. The number of ketones is 1. The third-order valence-corrected chi connectivity index (χ3v) is 1.90. The van der Waals surface area contributed by atoms with Crippen LogP contribution in [0.1, 0.15) is 6.42 Å². The highest BCUT2D eigenvalue weighted by atomic mass is 79.9. The number of alkyl halides is 1. The molecule has 0 aliphatic heterocycles. The van der Waals surface area contributed by atoms with E-state index in [1.165, 1.54) is 0 Å². The monoisotopic (exact) mass is 194 g/mol. The topological polar surface area (TPSA) is 17.1 Å². The van der Waals surface area contributed by atoms with Crippen LogP contribution >= 0.6 is 27.5 Å². The van der Waals surface area contributed by atoms with Gasteiger partial charge in [-0.05, 0) is 6.08 Å². The molecule has 0 amide bonds. The first-order chi connectivity index (χ1) is 3.70. The molecule has 0 N–H and O–H groups in total. The first-order valence-electron chi connectivity index (χ1n) is 2.25. The van der Waals surface area contributed by atoms with E-state index in [2.05, 4.69) is 15.9 Å². The SMILES string of the molecule is O=C1CC(Br)C=C1Cl. The van der Waals surface area contributed by atoms with E-state index in [-0.39, 0.29) is 10.6 Å². The zero-order chi connectivity index (χ0) is 6.15. The second-order valence-electron chi connectivity index (χ2n) is 1.66. The summed E-state index contributed by atoms with van der Waals surface area (Å²) in [4.78, 5) is 10.7. The van der Waals surface area contributed by atoms with Crippen LogP contribution in [0.3, 0.4) is 0 Å². The van der Waals surface area contributed by atoms with Crippen LogP contribution in [-0.4, -0.2) is 10.6 Å².